The molecule has 0 amide bonds. The number of unbranched alkanes of at least 4 members (excludes halogenated alkanes) is 12. The molecule has 0 saturated heterocycles. The highest BCUT2D eigenvalue weighted by Gasteiger charge is 2.06. The number of aliphatic hydroxyl groups excluding tert-OH is 1. The molecule has 7 nitrogen and oxygen atoms in total. The minimum Gasteiger partial charge on any atom is -0.726 e. The Bertz CT molecular complexity index is 468. The van der Waals surface area contributed by atoms with E-state index >= 15 is 0 Å². The molecule has 0 saturated carbocycles. The highest BCUT2D eigenvalue weighted by molar-refractivity contribution is 7.80. The SMILES string of the molecule is CCCCCCCC/C=C\CCCCCCCC[NH+](C)CC(O)O.COS(=O)(=O)[O-]. The minimum absolute atomic E-state index is 0.436. The molecule has 0 aromatic rings. The number of quaternary nitrogens is 1. The van der Waals surface area contributed by atoms with Crippen LogP contribution in [0.25, 0.3) is 0 Å². The summed E-state index contributed by atoms with van der Waals surface area (Å²) in [6.07, 6.45) is 22.2. The summed E-state index contributed by atoms with van der Waals surface area (Å²) in [5.41, 5.74) is 0. The molecule has 1 unspecified atom stereocenters. The summed E-state index contributed by atoms with van der Waals surface area (Å²) in [4.78, 5) is 1.21. The fourth-order valence-corrected chi connectivity index (χ4v) is 3.09. The zero-order valence-electron chi connectivity index (χ0n) is 19.5. The van der Waals surface area contributed by atoms with Crippen molar-refractivity contribution < 1.29 is 32.3 Å². The van der Waals surface area contributed by atoms with Gasteiger partial charge in [0.05, 0.1) is 20.7 Å². The van der Waals surface area contributed by atoms with Gasteiger partial charge >= 0.3 is 0 Å². The second kappa shape index (κ2) is 23.2. The van der Waals surface area contributed by atoms with Crippen molar-refractivity contribution in [3.05, 3.63) is 12.2 Å². The van der Waals surface area contributed by atoms with Crippen LogP contribution in [0.5, 0.6) is 0 Å². The van der Waals surface area contributed by atoms with Gasteiger partial charge in [-0.1, -0.05) is 70.4 Å². The van der Waals surface area contributed by atoms with Crippen molar-refractivity contribution in [1.29, 1.82) is 0 Å². The molecule has 0 aromatic carbocycles. The van der Waals surface area contributed by atoms with Crippen molar-refractivity contribution in [3.63, 3.8) is 0 Å². The van der Waals surface area contributed by atoms with E-state index in [1.807, 2.05) is 7.05 Å². The number of aliphatic hydroxyl groups is 2. The standard InChI is InChI=1S/C21H43NO2.CH4O4S/c1-3-4-5-6-7-8-9-10-11-12-13-14-15-16-17-18-19-22(2)20-21(23)24;1-5-6(2,3)4/h10-11,21,23-24H,3-9,12-20H2,1-2H3;1H3,(H,2,3,4)/b11-10-;. The van der Waals surface area contributed by atoms with E-state index in [-0.39, 0.29) is 0 Å². The summed E-state index contributed by atoms with van der Waals surface area (Å²) in [6, 6.07) is 0. The maximum absolute atomic E-state index is 9.22. The van der Waals surface area contributed by atoms with E-state index in [0.29, 0.717) is 6.54 Å². The lowest BCUT2D eigenvalue weighted by Gasteiger charge is -2.14. The summed E-state index contributed by atoms with van der Waals surface area (Å²) in [5, 5.41) is 17.8. The highest BCUT2D eigenvalue weighted by Crippen LogP contribution is 2.09. The second-order valence-electron chi connectivity index (χ2n) is 7.90. The van der Waals surface area contributed by atoms with Crippen LogP contribution >= 0.6 is 0 Å². The number of allylic oxidation sites excluding steroid dienone is 2. The lowest BCUT2D eigenvalue weighted by atomic mass is 10.1. The van der Waals surface area contributed by atoms with Gasteiger partial charge in [-0.05, 0) is 38.5 Å². The molecule has 0 fully saturated rings. The minimum atomic E-state index is -4.41. The van der Waals surface area contributed by atoms with E-state index in [2.05, 4.69) is 23.3 Å². The van der Waals surface area contributed by atoms with Gasteiger partial charge in [0.15, 0.2) is 0 Å². The Balaban J connectivity index is 0. The zero-order valence-corrected chi connectivity index (χ0v) is 20.3. The lowest BCUT2D eigenvalue weighted by molar-refractivity contribution is -0.886. The first-order valence-corrected chi connectivity index (χ1v) is 12.9. The average Bonchev–Trinajstić information content (AvgIpc) is 2.67. The summed E-state index contributed by atoms with van der Waals surface area (Å²) < 4.78 is 31.0. The van der Waals surface area contributed by atoms with E-state index in [4.69, 9.17) is 10.2 Å². The van der Waals surface area contributed by atoms with Crippen molar-refractivity contribution >= 4 is 10.4 Å². The summed E-state index contributed by atoms with van der Waals surface area (Å²) in [7, 11) is -1.58. The largest absolute Gasteiger partial charge is 0.726 e. The molecule has 0 aliphatic carbocycles. The monoisotopic (exact) mass is 453 g/mol. The third-order valence-electron chi connectivity index (χ3n) is 4.85. The predicted octanol–water partition coefficient (Wildman–Crippen LogP) is 2.94. The van der Waals surface area contributed by atoms with Crippen LogP contribution in [0.4, 0.5) is 0 Å². The number of rotatable bonds is 19. The molecule has 1 atom stereocenters. The quantitative estimate of drug-likeness (QED) is 0.0911. The molecule has 0 aliphatic rings. The van der Waals surface area contributed by atoms with Crippen molar-refractivity contribution in [1.82, 2.24) is 0 Å². The molecule has 182 valence electrons. The van der Waals surface area contributed by atoms with Crippen LogP contribution in [0.1, 0.15) is 96.8 Å². The molecule has 0 heterocycles. The Morgan fingerprint density at radius 3 is 1.67 bits per heavy atom. The van der Waals surface area contributed by atoms with Gasteiger partial charge in [0.1, 0.15) is 6.54 Å². The van der Waals surface area contributed by atoms with Crippen LogP contribution in [0, 0.1) is 0 Å². The van der Waals surface area contributed by atoms with E-state index in [1.165, 1.54) is 94.8 Å². The normalized spacial score (nSPS) is 12.9. The summed E-state index contributed by atoms with van der Waals surface area (Å²) >= 11 is 0. The Labute approximate surface area is 185 Å². The number of likely N-dealkylation sites (N-methyl/N-ethyl adjacent to an activating group) is 1. The molecule has 0 aromatic heterocycles. The van der Waals surface area contributed by atoms with Crippen LogP contribution < -0.4 is 4.90 Å². The molecule has 0 bridgehead atoms. The third-order valence-corrected chi connectivity index (χ3v) is 5.26. The van der Waals surface area contributed by atoms with Crippen LogP contribution in [0.2, 0.25) is 0 Å². The molecular weight excluding hydrogens is 406 g/mol. The van der Waals surface area contributed by atoms with Crippen molar-refractivity contribution in [2.24, 2.45) is 0 Å². The van der Waals surface area contributed by atoms with Crippen LogP contribution in [0.15, 0.2) is 12.2 Å². The number of nitrogens with one attached hydrogen (secondary N) is 1. The first-order chi connectivity index (χ1) is 14.2. The molecule has 3 N–H and O–H groups in total. The molecule has 0 radical (unpaired) electrons. The van der Waals surface area contributed by atoms with Crippen LogP contribution in [-0.4, -0.2) is 56.7 Å². The van der Waals surface area contributed by atoms with Crippen molar-refractivity contribution in [2.45, 2.75) is 103 Å². The van der Waals surface area contributed by atoms with Gasteiger partial charge in [0.2, 0.25) is 16.7 Å². The van der Waals surface area contributed by atoms with Crippen LogP contribution in [-0.2, 0) is 14.6 Å². The Hall–Kier alpha value is -0.510. The van der Waals surface area contributed by atoms with Gasteiger partial charge in [-0.15, -0.1) is 0 Å². The Kier molecular flexibility index (Phi) is 24.5. The Morgan fingerprint density at radius 2 is 1.27 bits per heavy atom. The van der Waals surface area contributed by atoms with E-state index in [1.54, 1.807) is 0 Å². The third kappa shape index (κ3) is 32.2. The van der Waals surface area contributed by atoms with Gasteiger partial charge in [0.25, 0.3) is 0 Å². The van der Waals surface area contributed by atoms with Crippen LogP contribution in [0.3, 0.4) is 0 Å². The zero-order chi connectivity index (χ0) is 23.1. The molecule has 0 aliphatic heterocycles. The Morgan fingerprint density at radius 1 is 0.867 bits per heavy atom. The molecule has 8 heteroatoms. The maximum Gasteiger partial charge on any atom is 0.217 e. The molecule has 0 rings (SSSR count). The van der Waals surface area contributed by atoms with Gasteiger partial charge in [-0.3, -0.25) is 4.18 Å². The molecule has 30 heavy (non-hydrogen) atoms. The van der Waals surface area contributed by atoms with Crippen molar-refractivity contribution in [2.75, 3.05) is 27.2 Å². The highest BCUT2D eigenvalue weighted by atomic mass is 32.3. The first kappa shape index (κ1) is 31.7. The van der Waals surface area contributed by atoms with E-state index in [9.17, 15) is 13.0 Å². The number of hydrogen-bond acceptors (Lipinski definition) is 6. The fourth-order valence-electron chi connectivity index (χ4n) is 3.09. The lowest BCUT2D eigenvalue weighted by Crippen LogP contribution is -3.10. The fraction of sp³-hybridized carbons (Fsp3) is 0.909. The second-order valence-corrected chi connectivity index (χ2v) is 9.05. The topological polar surface area (TPSA) is 111 Å². The predicted molar refractivity (Wildman–Crippen MR) is 121 cm³/mol. The van der Waals surface area contributed by atoms with Crippen molar-refractivity contribution in [3.8, 4) is 0 Å². The van der Waals surface area contributed by atoms with Gasteiger partial charge in [-0.25, -0.2) is 8.42 Å². The van der Waals surface area contributed by atoms with E-state index < -0.39 is 16.7 Å². The molecule has 0 spiro atoms. The van der Waals surface area contributed by atoms with Gasteiger partial charge in [-0.2, -0.15) is 0 Å². The van der Waals surface area contributed by atoms with Gasteiger partial charge < -0.3 is 19.7 Å². The maximum atomic E-state index is 9.22. The molecular formula is C22H47NO6S. The van der Waals surface area contributed by atoms with E-state index in [0.717, 1.165) is 13.7 Å². The summed E-state index contributed by atoms with van der Waals surface area (Å²) in [5.74, 6) is 0. The van der Waals surface area contributed by atoms with Gasteiger partial charge in [0, 0.05) is 0 Å². The number of hydrogen-bond donors (Lipinski definition) is 3. The summed E-state index contributed by atoms with van der Waals surface area (Å²) in [6.45, 7) is 3.75. The first-order valence-electron chi connectivity index (χ1n) is 11.6. The smallest absolute Gasteiger partial charge is 0.217 e. The average molecular weight is 454 g/mol.